The Morgan fingerprint density at radius 1 is 1.00 bits per heavy atom. The van der Waals surface area contributed by atoms with E-state index in [1.807, 2.05) is 0 Å². The van der Waals surface area contributed by atoms with Gasteiger partial charge in [-0.3, -0.25) is 0 Å². The molecule has 21 heavy (non-hydrogen) atoms. The van der Waals surface area contributed by atoms with Crippen LogP contribution >= 0.6 is 35.6 Å². The van der Waals surface area contributed by atoms with Crippen molar-refractivity contribution in [3.63, 3.8) is 0 Å². The number of hydrogen-bond donors (Lipinski definition) is 1. The van der Waals surface area contributed by atoms with Gasteiger partial charge in [0.2, 0.25) is 0 Å². The van der Waals surface area contributed by atoms with Crippen LogP contribution in [0.3, 0.4) is 0 Å². The van der Waals surface area contributed by atoms with Crippen molar-refractivity contribution in [2.24, 2.45) is 5.73 Å². The Hall–Kier alpha value is -0.940. The Labute approximate surface area is 136 Å². The highest BCUT2D eigenvalue weighted by molar-refractivity contribution is 6.36. The molecule has 0 saturated heterocycles. The normalized spacial score (nSPS) is 11.1. The predicted molar refractivity (Wildman–Crippen MR) is 82.0 cm³/mol. The van der Waals surface area contributed by atoms with Gasteiger partial charge in [0.1, 0.15) is 0 Å². The highest BCUT2D eigenvalue weighted by Crippen LogP contribution is 2.37. The van der Waals surface area contributed by atoms with Crippen LogP contribution in [-0.4, -0.2) is 0 Å². The topological polar surface area (TPSA) is 26.0 Å². The first kappa shape index (κ1) is 18.1. The van der Waals surface area contributed by atoms with Crippen molar-refractivity contribution < 1.29 is 13.2 Å². The Morgan fingerprint density at radius 3 is 2.19 bits per heavy atom. The number of alkyl halides is 3. The molecule has 0 saturated carbocycles. The highest BCUT2D eigenvalue weighted by Gasteiger charge is 2.33. The molecule has 0 aromatic heterocycles. The van der Waals surface area contributed by atoms with Gasteiger partial charge in [-0.05, 0) is 29.3 Å². The van der Waals surface area contributed by atoms with E-state index in [4.69, 9.17) is 28.9 Å². The Bertz CT molecular complexity index is 642. The molecule has 1 nitrogen and oxygen atoms in total. The van der Waals surface area contributed by atoms with Crippen molar-refractivity contribution in [2.75, 3.05) is 0 Å². The smallest absolute Gasteiger partial charge is 0.326 e. The van der Waals surface area contributed by atoms with Gasteiger partial charge in [-0.2, -0.15) is 13.2 Å². The highest BCUT2D eigenvalue weighted by atomic mass is 35.5. The van der Waals surface area contributed by atoms with E-state index in [-0.39, 0.29) is 24.5 Å². The average Bonchev–Trinajstić information content (AvgIpc) is 2.37. The first-order chi connectivity index (χ1) is 9.32. The SMILES string of the molecule is Cl.NCc1ccc(-c2ccc(Cl)cc2Cl)cc1C(F)(F)F. The van der Waals surface area contributed by atoms with Crippen molar-refractivity contribution in [2.45, 2.75) is 12.7 Å². The molecule has 0 bridgehead atoms. The lowest BCUT2D eigenvalue weighted by Gasteiger charge is -2.14. The van der Waals surface area contributed by atoms with Gasteiger partial charge < -0.3 is 5.73 Å². The fourth-order valence-corrected chi connectivity index (χ4v) is 2.43. The van der Waals surface area contributed by atoms with Gasteiger partial charge in [0.15, 0.2) is 0 Å². The lowest BCUT2D eigenvalue weighted by molar-refractivity contribution is -0.138. The minimum absolute atomic E-state index is 0. The van der Waals surface area contributed by atoms with Crippen LogP contribution in [-0.2, 0) is 12.7 Å². The van der Waals surface area contributed by atoms with Crippen LogP contribution in [0.15, 0.2) is 36.4 Å². The van der Waals surface area contributed by atoms with Crippen LogP contribution in [0.2, 0.25) is 10.0 Å². The maximum Gasteiger partial charge on any atom is 0.416 e. The molecule has 0 fully saturated rings. The van der Waals surface area contributed by atoms with Gasteiger partial charge in [-0.25, -0.2) is 0 Å². The summed E-state index contributed by atoms with van der Waals surface area (Å²) in [5, 5.41) is 0.722. The third-order valence-electron chi connectivity index (χ3n) is 2.88. The Morgan fingerprint density at radius 2 is 1.67 bits per heavy atom. The van der Waals surface area contributed by atoms with Crippen LogP contribution < -0.4 is 5.73 Å². The molecule has 7 heteroatoms. The van der Waals surface area contributed by atoms with Crippen molar-refractivity contribution in [3.05, 3.63) is 57.6 Å². The van der Waals surface area contributed by atoms with Crippen molar-refractivity contribution in [3.8, 4) is 11.1 Å². The summed E-state index contributed by atoms with van der Waals surface area (Å²) in [6.07, 6.45) is -4.45. The predicted octanol–water partition coefficient (Wildman–Crippen LogP) is 5.56. The lowest BCUT2D eigenvalue weighted by atomic mass is 9.98. The fourth-order valence-electron chi connectivity index (χ4n) is 1.91. The van der Waals surface area contributed by atoms with E-state index in [9.17, 15) is 13.2 Å². The molecule has 114 valence electrons. The standard InChI is InChI=1S/C14H10Cl2F3N.ClH/c15-10-3-4-11(13(16)6-10)8-1-2-9(7-20)12(5-8)14(17,18)19;/h1-6H,7,20H2;1H. The molecule has 0 spiro atoms. The van der Waals surface area contributed by atoms with Gasteiger partial charge in [0.25, 0.3) is 0 Å². The summed E-state index contributed by atoms with van der Waals surface area (Å²) in [6.45, 7) is -0.177. The molecule has 0 amide bonds. The maximum absolute atomic E-state index is 13.0. The summed E-state index contributed by atoms with van der Waals surface area (Å²) in [5.74, 6) is 0. The van der Waals surface area contributed by atoms with Gasteiger partial charge in [0.05, 0.1) is 5.56 Å². The van der Waals surface area contributed by atoms with E-state index in [0.717, 1.165) is 6.07 Å². The van der Waals surface area contributed by atoms with E-state index in [2.05, 4.69) is 0 Å². The van der Waals surface area contributed by atoms with Crippen LogP contribution in [0.25, 0.3) is 11.1 Å². The number of nitrogens with two attached hydrogens (primary N) is 1. The van der Waals surface area contributed by atoms with Crippen molar-refractivity contribution in [1.82, 2.24) is 0 Å². The lowest BCUT2D eigenvalue weighted by Crippen LogP contribution is -2.12. The third-order valence-corrected chi connectivity index (χ3v) is 3.43. The van der Waals surface area contributed by atoms with Gasteiger partial charge in [-0.1, -0.05) is 41.4 Å². The van der Waals surface area contributed by atoms with E-state index in [1.165, 1.54) is 12.1 Å². The molecule has 0 aliphatic rings. The van der Waals surface area contributed by atoms with Gasteiger partial charge in [0, 0.05) is 22.2 Å². The van der Waals surface area contributed by atoms with Crippen LogP contribution in [0.4, 0.5) is 13.2 Å². The average molecular weight is 357 g/mol. The number of halogens is 6. The molecular formula is C14H11Cl3F3N. The molecule has 0 unspecified atom stereocenters. The summed E-state index contributed by atoms with van der Waals surface area (Å²) in [5.41, 5.74) is 5.51. The zero-order valence-electron chi connectivity index (χ0n) is 10.5. The molecule has 0 aliphatic heterocycles. The summed E-state index contributed by atoms with van der Waals surface area (Å²) in [4.78, 5) is 0. The molecule has 2 rings (SSSR count). The summed E-state index contributed by atoms with van der Waals surface area (Å²) >= 11 is 11.8. The van der Waals surface area contributed by atoms with E-state index >= 15 is 0 Å². The minimum Gasteiger partial charge on any atom is -0.326 e. The zero-order valence-corrected chi connectivity index (χ0v) is 12.9. The summed E-state index contributed by atoms with van der Waals surface area (Å²) < 4.78 is 39.0. The molecule has 0 radical (unpaired) electrons. The second kappa shape index (κ2) is 6.88. The molecule has 0 heterocycles. The zero-order chi connectivity index (χ0) is 14.9. The van der Waals surface area contributed by atoms with Crippen LogP contribution in [0.5, 0.6) is 0 Å². The number of benzene rings is 2. The first-order valence-corrected chi connectivity index (χ1v) is 6.44. The van der Waals surface area contributed by atoms with E-state index in [1.54, 1.807) is 18.2 Å². The van der Waals surface area contributed by atoms with E-state index < -0.39 is 11.7 Å². The second-order valence-electron chi connectivity index (χ2n) is 4.20. The maximum atomic E-state index is 13.0. The fraction of sp³-hybridized carbons (Fsp3) is 0.143. The molecular weight excluding hydrogens is 346 g/mol. The quantitative estimate of drug-likeness (QED) is 0.749. The van der Waals surface area contributed by atoms with Gasteiger partial charge in [-0.15, -0.1) is 12.4 Å². The largest absolute Gasteiger partial charge is 0.416 e. The van der Waals surface area contributed by atoms with E-state index in [0.29, 0.717) is 21.2 Å². The monoisotopic (exact) mass is 355 g/mol. The Kier molecular flexibility index (Phi) is 5.93. The molecule has 2 aromatic carbocycles. The van der Waals surface area contributed by atoms with Crippen LogP contribution in [0, 0.1) is 0 Å². The van der Waals surface area contributed by atoms with Crippen molar-refractivity contribution in [1.29, 1.82) is 0 Å². The molecule has 0 aliphatic carbocycles. The third kappa shape index (κ3) is 4.04. The van der Waals surface area contributed by atoms with Gasteiger partial charge >= 0.3 is 6.18 Å². The van der Waals surface area contributed by atoms with Crippen molar-refractivity contribution >= 4 is 35.6 Å². The molecule has 2 aromatic rings. The molecule has 0 atom stereocenters. The summed E-state index contributed by atoms with van der Waals surface area (Å²) in [6, 6.07) is 8.63. The number of hydrogen-bond acceptors (Lipinski definition) is 1. The first-order valence-electron chi connectivity index (χ1n) is 5.68. The molecule has 2 N–H and O–H groups in total. The number of rotatable bonds is 2. The summed E-state index contributed by atoms with van der Waals surface area (Å²) in [7, 11) is 0. The second-order valence-corrected chi connectivity index (χ2v) is 5.04. The minimum atomic E-state index is -4.45. The van der Waals surface area contributed by atoms with Crippen LogP contribution in [0.1, 0.15) is 11.1 Å². The Balaban J connectivity index is 0.00000220.